The average molecular weight is 408 g/mol. The Hall–Kier alpha value is -2.00. The van der Waals surface area contributed by atoms with Gasteiger partial charge in [0.1, 0.15) is 24.7 Å². The van der Waals surface area contributed by atoms with Crippen LogP contribution >= 0.6 is 15.9 Å². The molecule has 1 unspecified atom stereocenters. The molecule has 2 rings (SSSR count). The number of aliphatic hydroxyl groups is 1. The third-order valence-corrected chi connectivity index (χ3v) is 3.37. The molecule has 2 aromatic rings. The fourth-order valence-corrected chi connectivity index (χ4v) is 2.07. The maximum Gasteiger partial charge on any atom is 0.416 e. The molecule has 130 valence electrons. The van der Waals surface area contributed by atoms with Crippen LogP contribution in [0.5, 0.6) is 5.75 Å². The molecule has 0 fully saturated rings. The van der Waals surface area contributed by atoms with Gasteiger partial charge in [0, 0.05) is 12.6 Å². The van der Waals surface area contributed by atoms with Gasteiger partial charge in [-0.3, -0.25) is 4.79 Å². The van der Waals surface area contributed by atoms with E-state index in [1.54, 1.807) is 0 Å². The first-order chi connectivity index (χ1) is 11.3. The number of carbonyl (C=O) groups is 1. The van der Waals surface area contributed by atoms with E-state index in [2.05, 4.69) is 21.2 Å². The van der Waals surface area contributed by atoms with E-state index in [1.807, 2.05) is 0 Å². The summed E-state index contributed by atoms with van der Waals surface area (Å²) in [6, 6.07) is 5.58. The van der Waals surface area contributed by atoms with Crippen molar-refractivity contribution in [2.75, 3.05) is 13.2 Å². The first-order valence-electron chi connectivity index (χ1n) is 6.76. The standard InChI is InChI=1S/C15H13BrF3NO4/c16-13-5-9(7-24-13)14(22)20-6-11(21)8-23-12-3-1-10(2-4-12)15(17,18)19/h1-5,7,11,21H,6,8H2,(H,20,22). The van der Waals surface area contributed by atoms with Gasteiger partial charge in [-0.05, 0) is 40.2 Å². The van der Waals surface area contributed by atoms with Crippen molar-refractivity contribution < 1.29 is 32.2 Å². The summed E-state index contributed by atoms with van der Waals surface area (Å²) in [6.45, 7) is -0.261. The zero-order valence-corrected chi connectivity index (χ0v) is 13.7. The molecule has 0 aliphatic rings. The third kappa shape index (κ3) is 5.27. The number of furan rings is 1. The second-order valence-electron chi connectivity index (χ2n) is 4.84. The van der Waals surface area contributed by atoms with Gasteiger partial charge in [0.2, 0.25) is 0 Å². The number of hydrogen-bond acceptors (Lipinski definition) is 4. The lowest BCUT2D eigenvalue weighted by Crippen LogP contribution is -2.35. The van der Waals surface area contributed by atoms with Gasteiger partial charge in [-0.2, -0.15) is 13.2 Å². The number of hydrogen-bond donors (Lipinski definition) is 2. The van der Waals surface area contributed by atoms with Crippen LogP contribution in [-0.2, 0) is 6.18 Å². The molecule has 0 aliphatic heterocycles. The molecule has 1 amide bonds. The van der Waals surface area contributed by atoms with Gasteiger partial charge in [-0.15, -0.1) is 0 Å². The van der Waals surface area contributed by atoms with Gasteiger partial charge < -0.3 is 19.6 Å². The normalized spacial score (nSPS) is 12.7. The Morgan fingerprint density at radius 1 is 1.33 bits per heavy atom. The van der Waals surface area contributed by atoms with Crippen LogP contribution in [0.4, 0.5) is 13.2 Å². The molecule has 1 aromatic carbocycles. The van der Waals surface area contributed by atoms with Crippen LogP contribution < -0.4 is 10.1 Å². The lowest BCUT2D eigenvalue weighted by atomic mass is 10.2. The third-order valence-electron chi connectivity index (χ3n) is 2.95. The minimum absolute atomic E-state index is 0.0811. The number of halogens is 4. The Labute approximate surface area is 143 Å². The van der Waals surface area contributed by atoms with Gasteiger partial charge in [-0.25, -0.2) is 0 Å². The molecule has 0 bridgehead atoms. The summed E-state index contributed by atoms with van der Waals surface area (Å²) in [7, 11) is 0. The molecule has 9 heteroatoms. The first-order valence-corrected chi connectivity index (χ1v) is 7.55. The van der Waals surface area contributed by atoms with Gasteiger partial charge >= 0.3 is 6.18 Å². The van der Waals surface area contributed by atoms with Crippen molar-refractivity contribution in [1.29, 1.82) is 0 Å². The van der Waals surface area contributed by atoms with E-state index < -0.39 is 23.8 Å². The molecule has 0 spiro atoms. The van der Waals surface area contributed by atoms with Gasteiger partial charge in [0.15, 0.2) is 4.67 Å². The van der Waals surface area contributed by atoms with Crippen molar-refractivity contribution in [3.05, 3.63) is 52.4 Å². The predicted molar refractivity (Wildman–Crippen MR) is 81.7 cm³/mol. The molecule has 1 aromatic heterocycles. The van der Waals surface area contributed by atoms with E-state index >= 15 is 0 Å². The summed E-state index contributed by atoms with van der Waals surface area (Å²) in [5.41, 5.74) is -0.494. The fourth-order valence-electron chi connectivity index (χ4n) is 1.73. The molecule has 1 atom stereocenters. The second kappa shape index (κ2) is 7.71. The minimum Gasteiger partial charge on any atom is -0.491 e. The van der Waals surface area contributed by atoms with E-state index in [0.717, 1.165) is 24.3 Å². The molecule has 0 saturated heterocycles. The van der Waals surface area contributed by atoms with Crippen LogP contribution in [0, 0.1) is 0 Å². The minimum atomic E-state index is -4.41. The Kier molecular flexibility index (Phi) is 5.89. The van der Waals surface area contributed by atoms with Crippen molar-refractivity contribution in [1.82, 2.24) is 5.32 Å². The average Bonchev–Trinajstić information content (AvgIpc) is 2.96. The van der Waals surface area contributed by atoms with Crippen molar-refractivity contribution in [3.63, 3.8) is 0 Å². The lowest BCUT2D eigenvalue weighted by molar-refractivity contribution is -0.137. The van der Waals surface area contributed by atoms with Gasteiger partial charge in [0.25, 0.3) is 5.91 Å². The highest BCUT2D eigenvalue weighted by molar-refractivity contribution is 9.10. The number of ether oxygens (including phenoxy) is 1. The van der Waals surface area contributed by atoms with Crippen LogP contribution in [-0.4, -0.2) is 30.3 Å². The Balaban J connectivity index is 1.76. The zero-order valence-electron chi connectivity index (χ0n) is 12.1. The maximum atomic E-state index is 12.4. The lowest BCUT2D eigenvalue weighted by Gasteiger charge is -2.13. The van der Waals surface area contributed by atoms with E-state index in [-0.39, 0.29) is 24.5 Å². The summed E-state index contributed by atoms with van der Waals surface area (Å²) in [6.07, 6.45) is -4.18. The monoisotopic (exact) mass is 407 g/mol. The van der Waals surface area contributed by atoms with Crippen molar-refractivity contribution in [2.24, 2.45) is 0 Å². The van der Waals surface area contributed by atoms with Crippen LogP contribution in [0.25, 0.3) is 0 Å². The molecule has 0 radical (unpaired) electrons. The van der Waals surface area contributed by atoms with Crippen molar-refractivity contribution in [2.45, 2.75) is 12.3 Å². The SMILES string of the molecule is O=C(NCC(O)COc1ccc(C(F)(F)F)cc1)c1coc(Br)c1. The van der Waals surface area contributed by atoms with Crippen molar-refractivity contribution >= 4 is 21.8 Å². The molecular formula is C15H13BrF3NO4. The molecule has 1 heterocycles. The topological polar surface area (TPSA) is 71.7 Å². The Morgan fingerprint density at radius 3 is 2.54 bits per heavy atom. The van der Waals surface area contributed by atoms with Crippen LogP contribution in [0.15, 0.2) is 45.7 Å². The number of rotatable bonds is 6. The van der Waals surface area contributed by atoms with Crippen LogP contribution in [0.2, 0.25) is 0 Å². The predicted octanol–water partition coefficient (Wildman–Crippen LogP) is 3.23. The van der Waals surface area contributed by atoms with Crippen LogP contribution in [0.3, 0.4) is 0 Å². The zero-order chi connectivity index (χ0) is 17.7. The summed E-state index contributed by atoms with van der Waals surface area (Å²) in [5.74, 6) is -0.245. The van der Waals surface area contributed by atoms with E-state index in [9.17, 15) is 23.1 Å². The van der Waals surface area contributed by atoms with Gasteiger partial charge in [0.05, 0.1) is 11.1 Å². The van der Waals surface area contributed by atoms with Crippen LogP contribution in [0.1, 0.15) is 15.9 Å². The Bertz CT molecular complexity index is 685. The largest absolute Gasteiger partial charge is 0.491 e. The highest BCUT2D eigenvalue weighted by Crippen LogP contribution is 2.30. The number of alkyl halides is 3. The van der Waals surface area contributed by atoms with E-state index in [4.69, 9.17) is 9.15 Å². The molecule has 5 nitrogen and oxygen atoms in total. The number of carbonyl (C=O) groups excluding carboxylic acids is 1. The number of aliphatic hydroxyl groups excluding tert-OH is 1. The van der Waals surface area contributed by atoms with E-state index in [1.165, 1.54) is 12.3 Å². The summed E-state index contributed by atoms with van der Waals surface area (Å²) >= 11 is 3.06. The maximum absolute atomic E-state index is 12.4. The van der Waals surface area contributed by atoms with Gasteiger partial charge in [-0.1, -0.05) is 0 Å². The summed E-state index contributed by atoms with van der Waals surface area (Å²) < 4.78 is 47.8. The highest BCUT2D eigenvalue weighted by Gasteiger charge is 2.30. The summed E-state index contributed by atoms with van der Waals surface area (Å²) in [4.78, 5) is 11.7. The quantitative estimate of drug-likeness (QED) is 0.770. The number of nitrogens with one attached hydrogen (secondary N) is 1. The number of benzene rings is 1. The summed E-state index contributed by atoms with van der Waals surface area (Å²) in [5, 5.41) is 12.2. The fraction of sp³-hybridized carbons (Fsp3) is 0.267. The highest BCUT2D eigenvalue weighted by atomic mass is 79.9. The second-order valence-corrected chi connectivity index (χ2v) is 5.62. The molecule has 2 N–H and O–H groups in total. The first kappa shape index (κ1) is 18.3. The molecule has 24 heavy (non-hydrogen) atoms. The Morgan fingerprint density at radius 2 is 2.00 bits per heavy atom. The molecule has 0 saturated carbocycles. The molecular weight excluding hydrogens is 395 g/mol. The smallest absolute Gasteiger partial charge is 0.416 e. The molecule has 0 aliphatic carbocycles. The number of amides is 1. The van der Waals surface area contributed by atoms with E-state index in [0.29, 0.717) is 4.67 Å². The van der Waals surface area contributed by atoms with Crippen molar-refractivity contribution in [3.8, 4) is 5.75 Å².